The van der Waals surface area contributed by atoms with E-state index in [4.69, 9.17) is 9.15 Å². The fourth-order valence-corrected chi connectivity index (χ4v) is 5.85. The van der Waals surface area contributed by atoms with Gasteiger partial charge in [-0.25, -0.2) is 8.42 Å². The summed E-state index contributed by atoms with van der Waals surface area (Å²) in [6, 6.07) is 26.6. The highest BCUT2D eigenvalue weighted by Gasteiger charge is 2.23. The molecule has 0 radical (unpaired) electrons. The highest BCUT2D eigenvalue weighted by Crippen LogP contribution is 2.33. The molecule has 2 heterocycles. The monoisotopic (exact) mass is 531 g/mol. The van der Waals surface area contributed by atoms with Gasteiger partial charge in [0.15, 0.2) is 0 Å². The highest BCUT2D eigenvalue weighted by atomic mass is 32.2. The summed E-state index contributed by atoms with van der Waals surface area (Å²) in [5.41, 5.74) is 3.16. The summed E-state index contributed by atoms with van der Waals surface area (Å²) in [6.45, 7) is 8.16. The van der Waals surface area contributed by atoms with Crippen molar-refractivity contribution >= 4 is 21.4 Å². The molecule has 4 aromatic rings. The minimum Gasteiger partial charge on any atom is -0.487 e. The number of ether oxygens (including phenoxy) is 1. The molecule has 0 aliphatic carbocycles. The molecule has 1 fully saturated rings. The van der Waals surface area contributed by atoms with Crippen LogP contribution in [0.1, 0.15) is 25.2 Å². The lowest BCUT2D eigenvalue weighted by molar-refractivity contribution is 0.308. The van der Waals surface area contributed by atoms with E-state index in [0.29, 0.717) is 35.9 Å². The number of nitrogens with zero attached hydrogens (tertiary/aromatic N) is 1. The predicted molar refractivity (Wildman–Crippen MR) is 151 cm³/mol. The third kappa shape index (κ3) is 6.03. The van der Waals surface area contributed by atoms with Crippen molar-refractivity contribution in [3.63, 3.8) is 0 Å². The first-order valence-corrected chi connectivity index (χ1v) is 14.3. The van der Waals surface area contributed by atoms with Crippen molar-refractivity contribution < 1.29 is 17.6 Å². The highest BCUT2D eigenvalue weighted by molar-refractivity contribution is 7.92. The molecule has 3 aromatic carbocycles. The minimum atomic E-state index is -3.87. The van der Waals surface area contributed by atoms with Crippen LogP contribution >= 0.6 is 0 Å². The summed E-state index contributed by atoms with van der Waals surface area (Å²) < 4.78 is 41.5. The van der Waals surface area contributed by atoms with Gasteiger partial charge in [-0.3, -0.25) is 4.72 Å². The quantitative estimate of drug-likeness (QED) is 0.298. The van der Waals surface area contributed by atoms with Gasteiger partial charge in [-0.1, -0.05) is 30.3 Å². The molecule has 2 N–H and O–H groups in total. The number of benzene rings is 3. The van der Waals surface area contributed by atoms with Crippen molar-refractivity contribution in [3.8, 4) is 17.1 Å². The molecular formula is C30H33N3O4S. The Kier molecular flexibility index (Phi) is 7.44. The summed E-state index contributed by atoms with van der Waals surface area (Å²) in [5.74, 6) is 1.97. The zero-order valence-corrected chi connectivity index (χ0v) is 22.7. The zero-order chi connectivity index (χ0) is 26.7. The number of nitrogens with one attached hydrogen (secondary N) is 2. The van der Waals surface area contributed by atoms with Gasteiger partial charge in [0.2, 0.25) is 0 Å². The lowest BCUT2D eigenvalue weighted by atomic mass is 10.1. The van der Waals surface area contributed by atoms with E-state index in [9.17, 15) is 8.42 Å². The Morgan fingerprint density at radius 1 is 0.947 bits per heavy atom. The van der Waals surface area contributed by atoms with Crippen molar-refractivity contribution in [2.24, 2.45) is 0 Å². The van der Waals surface area contributed by atoms with Gasteiger partial charge in [0.05, 0.1) is 10.6 Å². The second kappa shape index (κ2) is 10.9. The summed E-state index contributed by atoms with van der Waals surface area (Å²) in [6.07, 6.45) is 0. The number of piperazine rings is 1. The van der Waals surface area contributed by atoms with Crippen LogP contribution in [0.4, 0.5) is 11.4 Å². The van der Waals surface area contributed by atoms with Gasteiger partial charge in [0.25, 0.3) is 10.0 Å². The molecule has 8 heteroatoms. The van der Waals surface area contributed by atoms with Crippen LogP contribution in [0.5, 0.6) is 5.75 Å². The lowest BCUT2D eigenvalue weighted by Crippen LogP contribution is -2.54. The molecule has 0 amide bonds. The summed E-state index contributed by atoms with van der Waals surface area (Å²) >= 11 is 0. The molecule has 0 bridgehead atoms. The van der Waals surface area contributed by atoms with Crippen molar-refractivity contribution in [3.05, 3.63) is 96.3 Å². The van der Waals surface area contributed by atoms with Gasteiger partial charge in [-0.15, -0.1) is 0 Å². The molecule has 198 valence electrons. The second-order valence-electron chi connectivity index (χ2n) is 9.87. The number of hydrogen-bond acceptors (Lipinski definition) is 6. The van der Waals surface area contributed by atoms with Crippen LogP contribution in [0.2, 0.25) is 0 Å². The van der Waals surface area contributed by atoms with Crippen molar-refractivity contribution in [1.29, 1.82) is 0 Å². The standard InChI is InChI=1S/C30H33N3O4S/c1-21-18-33(19-22(2)31-21)26-12-16-30(36-20-24-7-5-4-6-8-24)28(17-26)32-38(34,35)27-13-10-25(11-14-27)29-15-9-23(3)37-29/h4-17,21-22,31-32H,18-20H2,1-3H3/t21-,22+. The van der Waals surface area contributed by atoms with E-state index in [1.165, 1.54) is 0 Å². The summed E-state index contributed by atoms with van der Waals surface area (Å²) in [5, 5.41) is 3.54. The third-order valence-corrected chi connectivity index (χ3v) is 7.94. The number of furan rings is 1. The Morgan fingerprint density at radius 2 is 1.66 bits per heavy atom. The largest absolute Gasteiger partial charge is 0.487 e. The Balaban J connectivity index is 1.43. The fourth-order valence-electron chi connectivity index (χ4n) is 4.78. The Morgan fingerprint density at radius 3 is 2.32 bits per heavy atom. The minimum absolute atomic E-state index is 0.161. The molecule has 1 saturated heterocycles. The molecule has 7 nitrogen and oxygen atoms in total. The first kappa shape index (κ1) is 25.9. The van der Waals surface area contributed by atoms with Crippen LogP contribution in [-0.2, 0) is 16.6 Å². The van der Waals surface area contributed by atoms with E-state index >= 15 is 0 Å². The molecule has 5 rings (SSSR count). The molecule has 38 heavy (non-hydrogen) atoms. The first-order chi connectivity index (χ1) is 18.3. The SMILES string of the molecule is Cc1ccc(-c2ccc(S(=O)(=O)Nc3cc(N4C[C@@H](C)N[C@@H](C)C4)ccc3OCc3ccccc3)cc2)o1. The van der Waals surface area contributed by atoms with Gasteiger partial charge in [0, 0.05) is 36.4 Å². The lowest BCUT2D eigenvalue weighted by Gasteiger charge is -2.38. The van der Waals surface area contributed by atoms with E-state index < -0.39 is 10.0 Å². The van der Waals surface area contributed by atoms with Crippen LogP contribution < -0.4 is 19.7 Å². The molecule has 0 saturated carbocycles. The summed E-state index contributed by atoms with van der Waals surface area (Å²) in [7, 11) is -3.87. The van der Waals surface area contributed by atoms with Crippen LogP contribution in [-0.4, -0.2) is 33.6 Å². The van der Waals surface area contributed by atoms with E-state index in [-0.39, 0.29) is 4.90 Å². The van der Waals surface area contributed by atoms with Crippen LogP contribution in [0, 0.1) is 6.92 Å². The van der Waals surface area contributed by atoms with Crippen LogP contribution in [0.25, 0.3) is 11.3 Å². The van der Waals surface area contributed by atoms with E-state index in [0.717, 1.165) is 35.7 Å². The third-order valence-electron chi connectivity index (χ3n) is 6.56. The van der Waals surface area contributed by atoms with Crippen molar-refractivity contribution in [1.82, 2.24) is 5.32 Å². The average Bonchev–Trinajstić information content (AvgIpc) is 3.34. The van der Waals surface area contributed by atoms with E-state index in [1.54, 1.807) is 24.3 Å². The van der Waals surface area contributed by atoms with Gasteiger partial charge >= 0.3 is 0 Å². The Hall–Kier alpha value is -3.75. The molecule has 1 aliphatic rings. The number of aryl methyl sites for hydroxylation is 1. The number of rotatable bonds is 8. The van der Waals surface area contributed by atoms with Gasteiger partial charge < -0.3 is 19.4 Å². The number of anilines is 2. The summed E-state index contributed by atoms with van der Waals surface area (Å²) in [4.78, 5) is 2.43. The van der Waals surface area contributed by atoms with Gasteiger partial charge in [-0.2, -0.15) is 0 Å². The Bertz CT molecular complexity index is 1470. The van der Waals surface area contributed by atoms with E-state index in [2.05, 4.69) is 28.8 Å². The normalized spacial score (nSPS) is 17.8. The molecule has 1 aliphatic heterocycles. The Labute approximate surface area is 224 Å². The van der Waals surface area contributed by atoms with Gasteiger partial charge in [-0.05, 0) is 80.9 Å². The maximum atomic E-state index is 13.5. The van der Waals surface area contributed by atoms with Crippen molar-refractivity contribution in [2.45, 2.75) is 44.4 Å². The smallest absolute Gasteiger partial charge is 0.262 e. The zero-order valence-electron chi connectivity index (χ0n) is 21.8. The molecule has 0 spiro atoms. The molecule has 0 unspecified atom stereocenters. The van der Waals surface area contributed by atoms with Gasteiger partial charge in [0.1, 0.15) is 23.9 Å². The molecular weight excluding hydrogens is 498 g/mol. The number of sulfonamides is 1. The van der Waals surface area contributed by atoms with E-state index in [1.807, 2.05) is 67.6 Å². The molecule has 2 atom stereocenters. The second-order valence-corrected chi connectivity index (χ2v) is 11.6. The first-order valence-electron chi connectivity index (χ1n) is 12.8. The maximum Gasteiger partial charge on any atom is 0.262 e. The van der Waals surface area contributed by atoms with Crippen molar-refractivity contribution in [2.75, 3.05) is 22.7 Å². The van der Waals surface area contributed by atoms with Crippen LogP contribution in [0.15, 0.2) is 94.2 Å². The topological polar surface area (TPSA) is 83.8 Å². The maximum absolute atomic E-state index is 13.5. The predicted octanol–water partition coefficient (Wildman–Crippen LogP) is 5.82. The number of hydrogen-bond donors (Lipinski definition) is 2. The molecule has 1 aromatic heterocycles. The average molecular weight is 532 g/mol. The van der Waals surface area contributed by atoms with Crippen LogP contribution in [0.3, 0.4) is 0 Å². The fraction of sp³-hybridized carbons (Fsp3) is 0.267.